The van der Waals surface area contributed by atoms with Crippen LogP contribution in [0.15, 0.2) is 36.7 Å². The second-order valence-electron chi connectivity index (χ2n) is 4.53. The van der Waals surface area contributed by atoms with Crippen molar-refractivity contribution in [3.05, 3.63) is 47.8 Å². The average Bonchev–Trinajstić information content (AvgIpc) is 2.98. The molecule has 0 radical (unpaired) electrons. The summed E-state index contributed by atoms with van der Waals surface area (Å²) in [5, 5.41) is 7.51. The zero-order chi connectivity index (χ0) is 15.1. The Morgan fingerprint density at radius 2 is 2.05 bits per heavy atom. The largest absolute Gasteiger partial charge is 0.465 e. The minimum Gasteiger partial charge on any atom is -0.465 e. The first-order chi connectivity index (χ1) is 10.2. The molecule has 0 aliphatic rings. The fraction of sp³-hybridized carbons (Fsp3) is 0.333. The lowest BCUT2D eigenvalue weighted by atomic mass is 10.1. The highest BCUT2D eigenvalue weighted by Crippen LogP contribution is 2.10. The van der Waals surface area contributed by atoms with Crippen LogP contribution in [0.5, 0.6) is 0 Å². The van der Waals surface area contributed by atoms with E-state index in [2.05, 4.69) is 15.2 Å². The molecule has 2 aromatic rings. The lowest BCUT2D eigenvalue weighted by Crippen LogP contribution is -2.04. The summed E-state index contributed by atoms with van der Waals surface area (Å²) in [7, 11) is 3.04. The van der Waals surface area contributed by atoms with Crippen LogP contribution >= 0.6 is 0 Å². The van der Waals surface area contributed by atoms with Crippen molar-refractivity contribution in [2.75, 3.05) is 26.1 Å². The monoisotopic (exact) mass is 289 g/mol. The molecule has 0 spiro atoms. The van der Waals surface area contributed by atoms with E-state index in [1.807, 2.05) is 23.0 Å². The van der Waals surface area contributed by atoms with Gasteiger partial charge in [0, 0.05) is 19.9 Å². The predicted molar refractivity (Wildman–Crippen MR) is 79.2 cm³/mol. The molecule has 0 bridgehead atoms. The van der Waals surface area contributed by atoms with Gasteiger partial charge < -0.3 is 14.8 Å². The van der Waals surface area contributed by atoms with Gasteiger partial charge in [0.25, 0.3) is 0 Å². The summed E-state index contributed by atoms with van der Waals surface area (Å²) < 4.78 is 11.5. The Morgan fingerprint density at radius 1 is 1.29 bits per heavy atom. The Balaban J connectivity index is 1.87. The number of aromatic nitrogens is 2. The highest BCUT2D eigenvalue weighted by Gasteiger charge is 2.04. The molecule has 0 aliphatic carbocycles. The zero-order valence-corrected chi connectivity index (χ0v) is 12.2. The number of rotatable bonds is 7. The van der Waals surface area contributed by atoms with Gasteiger partial charge in [0.15, 0.2) is 0 Å². The zero-order valence-electron chi connectivity index (χ0n) is 12.2. The van der Waals surface area contributed by atoms with Crippen LogP contribution in [0.2, 0.25) is 0 Å². The highest BCUT2D eigenvalue weighted by atomic mass is 16.5. The van der Waals surface area contributed by atoms with Crippen LogP contribution in [0.4, 0.5) is 5.69 Å². The van der Waals surface area contributed by atoms with Gasteiger partial charge in [-0.1, -0.05) is 12.1 Å². The molecule has 1 aromatic heterocycles. The maximum Gasteiger partial charge on any atom is 0.337 e. The van der Waals surface area contributed by atoms with Gasteiger partial charge in [-0.2, -0.15) is 5.10 Å². The lowest BCUT2D eigenvalue weighted by molar-refractivity contribution is 0.0600. The van der Waals surface area contributed by atoms with Crippen molar-refractivity contribution >= 4 is 11.7 Å². The van der Waals surface area contributed by atoms with Gasteiger partial charge in [0.1, 0.15) is 0 Å². The number of anilines is 1. The molecule has 21 heavy (non-hydrogen) atoms. The van der Waals surface area contributed by atoms with Gasteiger partial charge in [0.05, 0.1) is 37.7 Å². The van der Waals surface area contributed by atoms with E-state index in [0.29, 0.717) is 18.7 Å². The van der Waals surface area contributed by atoms with E-state index in [1.54, 1.807) is 25.4 Å². The molecule has 112 valence electrons. The number of carbonyl (C=O) groups excluding carboxylic acids is 1. The maximum atomic E-state index is 11.3. The number of nitrogens with zero attached hydrogens (tertiary/aromatic N) is 2. The summed E-state index contributed by atoms with van der Waals surface area (Å²) in [6.45, 7) is 2.03. The van der Waals surface area contributed by atoms with Crippen LogP contribution in [0.3, 0.4) is 0 Å². The minimum absolute atomic E-state index is 0.325. The molecule has 0 saturated heterocycles. The van der Waals surface area contributed by atoms with Crippen molar-refractivity contribution in [2.24, 2.45) is 0 Å². The molecule has 0 saturated carbocycles. The van der Waals surface area contributed by atoms with Crippen molar-refractivity contribution in [2.45, 2.75) is 13.1 Å². The lowest BCUT2D eigenvalue weighted by Gasteiger charge is -2.05. The van der Waals surface area contributed by atoms with Crippen molar-refractivity contribution < 1.29 is 14.3 Å². The Bertz CT molecular complexity index is 578. The van der Waals surface area contributed by atoms with E-state index < -0.39 is 0 Å². The maximum absolute atomic E-state index is 11.3. The van der Waals surface area contributed by atoms with E-state index in [1.165, 1.54) is 7.11 Å². The smallest absolute Gasteiger partial charge is 0.337 e. The van der Waals surface area contributed by atoms with Crippen LogP contribution in [-0.2, 0) is 22.6 Å². The van der Waals surface area contributed by atoms with Crippen molar-refractivity contribution in [1.29, 1.82) is 0 Å². The molecule has 1 heterocycles. The predicted octanol–water partition coefficient (Wildman–Crippen LogP) is 1.93. The van der Waals surface area contributed by atoms with E-state index in [9.17, 15) is 4.79 Å². The number of hydrogen-bond donors (Lipinski definition) is 1. The number of nitrogens with one attached hydrogen (secondary N) is 1. The standard InChI is InChI=1S/C15H19N3O3/c1-20-8-7-18-11-14(10-17-18)16-9-12-3-5-13(6-4-12)15(19)21-2/h3-6,10-11,16H,7-9H2,1-2H3. The van der Waals surface area contributed by atoms with Gasteiger partial charge in [0.2, 0.25) is 0 Å². The normalized spacial score (nSPS) is 10.4. The summed E-state index contributed by atoms with van der Waals surface area (Å²) in [5.74, 6) is -0.325. The molecular weight excluding hydrogens is 270 g/mol. The van der Waals surface area contributed by atoms with E-state index in [0.717, 1.165) is 17.8 Å². The van der Waals surface area contributed by atoms with E-state index in [4.69, 9.17) is 4.74 Å². The molecule has 0 amide bonds. The first-order valence-corrected chi connectivity index (χ1v) is 6.65. The van der Waals surface area contributed by atoms with Gasteiger partial charge in [-0.15, -0.1) is 0 Å². The Labute approximate surface area is 123 Å². The molecule has 0 atom stereocenters. The number of ether oxygens (including phenoxy) is 2. The first kappa shape index (κ1) is 15.1. The number of hydrogen-bond acceptors (Lipinski definition) is 5. The van der Waals surface area contributed by atoms with E-state index in [-0.39, 0.29) is 5.97 Å². The summed E-state index contributed by atoms with van der Waals surface area (Å²) in [4.78, 5) is 11.3. The molecule has 1 N–H and O–H groups in total. The summed E-state index contributed by atoms with van der Waals surface area (Å²) >= 11 is 0. The van der Waals surface area contributed by atoms with E-state index >= 15 is 0 Å². The third kappa shape index (κ3) is 4.32. The van der Waals surface area contributed by atoms with Gasteiger partial charge in [-0.05, 0) is 17.7 Å². The minimum atomic E-state index is -0.325. The fourth-order valence-electron chi connectivity index (χ4n) is 1.84. The topological polar surface area (TPSA) is 65.4 Å². The van der Waals surface area contributed by atoms with Crippen molar-refractivity contribution in [3.8, 4) is 0 Å². The highest BCUT2D eigenvalue weighted by molar-refractivity contribution is 5.89. The molecule has 6 nitrogen and oxygen atoms in total. The quantitative estimate of drug-likeness (QED) is 0.789. The Hall–Kier alpha value is -2.34. The van der Waals surface area contributed by atoms with Crippen LogP contribution in [0.25, 0.3) is 0 Å². The Morgan fingerprint density at radius 3 is 2.71 bits per heavy atom. The first-order valence-electron chi connectivity index (χ1n) is 6.65. The molecule has 0 aliphatic heterocycles. The SMILES string of the molecule is COCCn1cc(NCc2ccc(C(=O)OC)cc2)cn1. The molecule has 0 fully saturated rings. The third-order valence-corrected chi connectivity index (χ3v) is 3.03. The third-order valence-electron chi connectivity index (χ3n) is 3.03. The second-order valence-corrected chi connectivity index (χ2v) is 4.53. The van der Waals surface area contributed by atoms with Gasteiger partial charge in [-0.3, -0.25) is 4.68 Å². The van der Waals surface area contributed by atoms with Crippen molar-refractivity contribution in [1.82, 2.24) is 9.78 Å². The molecule has 6 heteroatoms. The van der Waals surface area contributed by atoms with Gasteiger partial charge in [-0.25, -0.2) is 4.79 Å². The number of esters is 1. The molecule has 2 rings (SSSR count). The molecule has 1 aromatic carbocycles. The second kappa shape index (κ2) is 7.44. The number of benzene rings is 1. The van der Waals surface area contributed by atoms with Crippen LogP contribution < -0.4 is 5.32 Å². The average molecular weight is 289 g/mol. The van der Waals surface area contributed by atoms with Crippen LogP contribution in [0, 0.1) is 0 Å². The fourth-order valence-corrected chi connectivity index (χ4v) is 1.84. The summed E-state index contributed by atoms with van der Waals surface area (Å²) in [6, 6.07) is 7.30. The Kier molecular flexibility index (Phi) is 5.34. The molecule has 0 unspecified atom stereocenters. The van der Waals surface area contributed by atoms with Crippen molar-refractivity contribution in [3.63, 3.8) is 0 Å². The number of methoxy groups -OCH3 is 2. The van der Waals surface area contributed by atoms with Crippen LogP contribution in [0.1, 0.15) is 15.9 Å². The summed E-state index contributed by atoms with van der Waals surface area (Å²) in [5.41, 5.74) is 2.57. The van der Waals surface area contributed by atoms with Crippen LogP contribution in [-0.4, -0.2) is 36.6 Å². The van der Waals surface area contributed by atoms with Gasteiger partial charge >= 0.3 is 5.97 Å². The number of carbonyl (C=O) groups is 1. The molecular formula is C15H19N3O3. The summed E-state index contributed by atoms with van der Waals surface area (Å²) in [6.07, 6.45) is 3.71.